The molecule has 1 aliphatic heterocycles. The van der Waals surface area contributed by atoms with Crippen molar-refractivity contribution in [3.8, 4) is 5.75 Å². The molecule has 0 amide bonds. The minimum absolute atomic E-state index is 0.729. The van der Waals surface area contributed by atoms with Crippen LogP contribution in [0.3, 0.4) is 0 Å². The van der Waals surface area contributed by atoms with Gasteiger partial charge in [-0.2, -0.15) is 0 Å². The Labute approximate surface area is 116 Å². The second-order valence-electron chi connectivity index (χ2n) is 5.49. The van der Waals surface area contributed by atoms with Gasteiger partial charge in [0.2, 0.25) is 0 Å². The number of ether oxygens (including phenoxy) is 1. The monoisotopic (exact) mass is 262 g/mol. The van der Waals surface area contributed by atoms with Crippen molar-refractivity contribution in [2.45, 2.75) is 26.3 Å². The maximum absolute atomic E-state index is 5.55. The van der Waals surface area contributed by atoms with Crippen molar-refractivity contribution in [2.75, 3.05) is 33.3 Å². The van der Waals surface area contributed by atoms with Crippen LogP contribution >= 0.6 is 0 Å². The van der Waals surface area contributed by atoms with Crippen LogP contribution in [-0.4, -0.2) is 38.2 Å². The molecule has 1 heterocycles. The zero-order valence-electron chi connectivity index (χ0n) is 12.2. The maximum atomic E-state index is 5.55. The quantitative estimate of drug-likeness (QED) is 0.852. The van der Waals surface area contributed by atoms with E-state index in [1.165, 1.54) is 38.0 Å². The molecule has 1 saturated heterocycles. The number of hydrogen-bond acceptors (Lipinski definition) is 3. The molecule has 2 rings (SSSR count). The van der Waals surface area contributed by atoms with Crippen molar-refractivity contribution in [1.29, 1.82) is 0 Å². The molecule has 19 heavy (non-hydrogen) atoms. The Kier molecular flexibility index (Phi) is 5.67. The first-order valence-corrected chi connectivity index (χ1v) is 7.39. The van der Waals surface area contributed by atoms with Crippen LogP contribution in [0, 0.1) is 5.92 Å². The van der Waals surface area contributed by atoms with Crippen LogP contribution in [0.15, 0.2) is 24.3 Å². The molecule has 1 unspecified atom stereocenters. The third-order valence-corrected chi connectivity index (χ3v) is 3.63. The minimum atomic E-state index is 0.729. The van der Waals surface area contributed by atoms with Gasteiger partial charge in [-0.25, -0.2) is 0 Å². The van der Waals surface area contributed by atoms with E-state index in [9.17, 15) is 0 Å². The van der Waals surface area contributed by atoms with Gasteiger partial charge in [-0.3, -0.25) is 0 Å². The molecular weight excluding hydrogens is 236 g/mol. The fourth-order valence-electron chi connectivity index (χ4n) is 2.80. The van der Waals surface area contributed by atoms with Gasteiger partial charge in [-0.05, 0) is 63.5 Å². The van der Waals surface area contributed by atoms with E-state index >= 15 is 0 Å². The molecule has 0 aromatic heterocycles. The standard InChI is InChI=1S/C16H26N2O/c1-3-19-16-8-4-6-14(10-16)12-18(2)13-15-7-5-9-17-11-15/h4,6,8,10,15,17H,3,5,7,9,11-13H2,1-2H3. The summed E-state index contributed by atoms with van der Waals surface area (Å²) in [4.78, 5) is 2.42. The van der Waals surface area contributed by atoms with Crippen molar-refractivity contribution in [1.82, 2.24) is 10.2 Å². The van der Waals surface area contributed by atoms with Crippen LogP contribution in [0.2, 0.25) is 0 Å². The van der Waals surface area contributed by atoms with Crippen LogP contribution in [0.25, 0.3) is 0 Å². The number of piperidine rings is 1. The van der Waals surface area contributed by atoms with Gasteiger partial charge in [0, 0.05) is 13.1 Å². The van der Waals surface area contributed by atoms with E-state index in [4.69, 9.17) is 4.74 Å². The topological polar surface area (TPSA) is 24.5 Å². The van der Waals surface area contributed by atoms with Gasteiger partial charge >= 0.3 is 0 Å². The molecule has 3 heteroatoms. The van der Waals surface area contributed by atoms with Crippen molar-refractivity contribution >= 4 is 0 Å². The number of hydrogen-bond donors (Lipinski definition) is 1. The van der Waals surface area contributed by atoms with Gasteiger partial charge in [0.05, 0.1) is 6.61 Å². The van der Waals surface area contributed by atoms with Gasteiger partial charge < -0.3 is 15.0 Å². The summed E-state index contributed by atoms with van der Waals surface area (Å²) in [6, 6.07) is 8.44. The molecule has 1 N–H and O–H groups in total. The van der Waals surface area contributed by atoms with Crippen LogP contribution in [0.1, 0.15) is 25.3 Å². The lowest BCUT2D eigenvalue weighted by Crippen LogP contribution is -2.36. The molecule has 1 aromatic carbocycles. The summed E-state index contributed by atoms with van der Waals surface area (Å²) in [7, 11) is 2.21. The summed E-state index contributed by atoms with van der Waals surface area (Å²) < 4.78 is 5.55. The largest absolute Gasteiger partial charge is 0.494 e. The van der Waals surface area contributed by atoms with Gasteiger partial charge in [-0.1, -0.05) is 12.1 Å². The fraction of sp³-hybridized carbons (Fsp3) is 0.625. The lowest BCUT2D eigenvalue weighted by atomic mass is 9.99. The molecule has 1 aromatic rings. The van der Waals surface area contributed by atoms with Crippen LogP contribution < -0.4 is 10.1 Å². The molecule has 0 bridgehead atoms. The number of nitrogens with zero attached hydrogens (tertiary/aromatic N) is 1. The summed E-state index contributed by atoms with van der Waals surface area (Å²) in [5, 5.41) is 3.48. The summed E-state index contributed by atoms with van der Waals surface area (Å²) in [6.07, 6.45) is 2.68. The molecule has 106 valence electrons. The first-order valence-electron chi connectivity index (χ1n) is 7.39. The van der Waals surface area contributed by atoms with E-state index in [0.717, 1.165) is 24.8 Å². The maximum Gasteiger partial charge on any atom is 0.119 e. The van der Waals surface area contributed by atoms with E-state index in [2.05, 4.69) is 35.5 Å². The summed E-state index contributed by atoms with van der Waals surface area (Å²) >= 11 is 0. The Morgan fingerprint density at radius 2 is 2.32 bits per heavy atom. The number of rotatable bonds is 6. The second kappa shape index (κ2) is 7.51. The summed E-state index contributed by atoms with van der Waals surface area (Å²) in [6.45, 7) is 7.28. The highest BCUT2D eigenvalue weighted by Gasteiger charge is 2.15. The zero-order chi connectivity index (χ0) is 13.5. The summed E-state index contributed by atoms with van der Waals surface area (Å²) in [5.74, 6) is 1.78. The molecule has 1 aliphatic rings. The Morgan fingerprint density at radius 1 is 1.42 bits per heavy atom. The highest BCUT2D eigenvalue weighted by atomic mass is 16.5. The molecule has 3 nitrogen and oxygen atoms in total. The van der Waals surface area contributed by atoms with Crippen molar-refractivity contribution < 1.29 is 4.74 Å². The molecule has 1 fully saturated rings. The predicted molar refractivity (Wildman–Crippen MR) is 79.5 cm³/mol. The first kappa shape index (κ1) is 14.4. The molecule has 0 aliphatic carbocycles. The van der Waals surface area contributed by atoms with Crippen molar-refractivity contribution in [3.05, 3.63) is 29.8 Å². The van der Waals surface area contributed by atoms with E-state index in [0.29, 0.717) is 0 Å². The van der Waals surface area contributed by atoms with Crippen LogP contribution in [0.4, 0.5) is 0 Å². The SMILES string of the molecule is CCOc1cccc(CN(C)CC2CCCNC2)c1. The Bertz CT molecular complexity index is 375. The third-order valence-electron chi connectivity index (χ3n) is 3.63. The van der Waals surface area contributed by atoms with Crippen LogP contribution in [-0.2, 0) is 6.54 Å². The van der Waals surface area contributed by atoms with Gasteiger partial charge in [0.15, 0.2) is 0 Å². The first-order chi connectivity index (χ1) is 9.28. The predicted octanol–water partition coefficient (Wildman–Crippen LogP) is 2.52. The smallest absolute Gasteiger partial charge is 0.119 e. The van der Waals surface area contributed by atoms with E-state index in [-0.39, 0.29) is 0 Å². The second-order valence-corrected chi connectivity index (χ2v) is 5.49. The zero-order valence-corrected chi connectivity index (χ0v) is 12.2. The van der Waals surface area contributed by atoms with Gasteiger partial charge in [0.25, 0.3) is 0 Å². The van der Waals surface area contributed by atoms with Crippen LogP contribution in [0.5, 0.6) is 5.75 Å². The van der Waals surface area contributed by atoms with E-state index < -0.39 is 0 Å². The Hall–Kier alpha value is -1.06. The Balaban J connectivity index is 1.83. The Morgan fingerprint density at radius 3 is 3.05 bits per heavy atom. The average molecular weight is 262 g/mol. The molecule has 0 spiro atoms. The molecule has 0 radical (unpaired) electrons. The average Bonchev–Trinajstić information content (AvgIpc) is 2.40. The van der Waals surface area contributed by atoms with Crippen molar-refractivity contribution in [2.24, 2.45) is 5.92 Å². The lowest BCUT2D eigenvalue weighted by molar-refractivity contribution is 0.237. The lowest BCUT2D eigenvalue weighted by Gasteiger charge is -2.27. The number of benzene rings is 1. The minimum Gasteiger partial charge on any atom is -0.494 e. The summed E-state index contributed by atoms with van der Waals surface area (Å²) in [5.41, 5.74) is 1.33. The highest BCUT2D eigenvalue weighted by molar-refractivity contribution is 5.28. The normalized spacial score (nSPS) is 19.6. The number of nitrogens with one attached hydrogen (secondary N) is 1. The molecule has 1 atom stereocenters. The molecular formula is C16H26N2O. The van der Waals surface area contributed by atoms with E-state index in [1.807, 2.05) is 13.0 Å². The van der Waals surface area contributed by atoms with Gasteiger partial charge in [0.1, 0.15) is 5.75 Å². The molecule has 0 saturated carbocycles. The third kappa shape index (κ3) is 4.84. The van der Waals surface area contributed by atoms with Crippen molar-refractivity contribution in [3.63, 3.8) is 0 Å². The highest BCUT2D eigenvalue weighted by Crippen LogP contribution is 2.16. The van der Waals surface area contributed by atoms with E-state index in [1.54, 1.807) is 0 Å². The van der Waals surface area contributed by atoms with Gasteiger partial charge in [-0.15, -0.1) is 0 Å². The fourth-order valence-corrected chi connectivity index (χ4v) is 2.80.